The normalized spacial score (nSPS) is 11.5. The van der Waals surface area contributed by atoms with Crippen LogP contribution in [0.25, 0.3) is 11.3 Å². The zero-order chi connectivity index (χ0) is 16.3. The van der Waals surface area contributed by atoms with Crippen molar-refractivity contribution in [3.05, 3.63) is 70.0 Å². The summed E-state index contributed by atoms with van der Waals surface area (Å²) in [6.07, 6.45) is 1.69. The molecule has 0 atom stereocenters. The number of hydrogen-bond donors (Lipinski definition) is 1. The minimum Gasteiger partial charge on any atom is -0.256 e. The van der Waals surface area contributed by atoms with Crippen molar-refractivity contribution in [2.75, 3.05) is 0 Å². The third kappa shape index (κ3) is 3.61. The van der Waals surface area contributed by atoms with Gasteiger partial charge in [0, 0.05) is 23.7 Å². The van der Waals surface area contributed by atoms with Gasteiger partial charge in [-0.1, -0.05) is 29.8 Å². The Kier molecular flexibility index (Phi) is 4.77. The van der Waals surface area contributed by atoms with Crippen LogP contribution in [0.1, 0.15) is 5.56 Å². The fraction of sp³-hybridized carbons (Fsp3) is 0.0625. The number of thiophene rings is 1. The second kappa shape index (κ2) is 6.80. The van der Waals surface area contributed by atoms with Crippen molar-refractivity contribution in [3.8, 4) is 11.3 Å². The lowest BCUT2D eigenvalue weighted by Crippen LogP contribution is -2.24. The number of hydrogen-bond acceptors (Lipinski definition) is 4. The topological polar surface area (TPSA) is 59.1 Å². The molecule has 1 aromatic carbocycles. The van der Waals surface area contributed by atoms with Gasteiger partial charge in [0.05, 0.1) is 10.7 Å². The quantitative estimate of drug-likeness (QED) is 0.745. The van der Waals surface area contributed by atoms with E-state index in [9.17, 15) is 8.42 Å². The molecule has 23 heavy (non-hydrogen) atoms. The van der Waals surface area contributed by atoms with Gasteiger partial charge in [0.1, 0.15) is 4.90 Å². The smallest absolute Gasteiger partial charge is 0.242 e. The Labute approximate surface area is 143 Å². The van der Waals surface area contributed by atoms with Gasteiger partial charge in [-0.05, 0) is 35.2 Å². The maximum atomic E-state index is 12.4. The predicted molar refractivity (Wildman–Crippen MR) is 93.0 cm³/mol. The van der Waals surface area contributed by atoms with Crippen LogP contribution in [0.5, 0.6) is 0 Å². The first-order chi connectivity index (χ1) is 11.1. The van der Waals surface area contributed by atoms with Crippen molar-refractivity contribution in [2.45, 2.75) is 11.4 Å². The SMILES string of the molecule is O=S(=O)(NCc1cccnc1-c1ccsc1)c1ccccc1Cl. The molecule has 7 heteroatoms. The van der Waals surface area contributed by atoms with Crippen LogP contribution in [-0.2, 0) is 16.6 Å². The number of benzene rings is 1. The van der Waals surface area contributed by atoms with Gasteiger partial charge >= 0.3 is 0 Å². The number of aromatic nitrogens is 1. The summed E-state index contributed by atoms with van der Waals surface area (Å²) in [4.78, 5) is 4.43. The van der Waals surface area contributed by atoms with Crippen molar-refractivity contribution in [2.24, 2.45) is 0 Å². The van der Waals surface area contributed by atoms with Crippen molar-refractivity contribution in [1.29, 1.82) is 0 Å². The Bertz CT molecular complexity index is 909. The summed E-state index contributed by atoms with van der Waals surface area (Å²) in [7, 11) is -3.68. The molecule has 0 fully saturated rings. The van der Waals surface area contributed by atoms with E-state index in [1.807, 2.05) is 22.9 Å². The molecule has 0 amide bonds. The van der Waals surface area contributed by atoms with Gasteiger partial charge in [0.25, 0.3) is 0 Å². The second-order valence-electron chi connectivity index (χ2n) is 4.78. The third-order valence-corrected chi connectivity index (χ3v) is 5.85. The van der Waals surface area contributed by atoms with E-state index in [-0.39, 0.29) is 16.5 Å². The summed E-state index contributed by atoms with van der Waals surface area (Å²) in [6.45, 7) is 0.145. The van der Waals surface area contributed by atoms with Gasteiger partial charge in [-0.3, -0.25) is 4.98 Å². The van der Waals surface area contributed by atoms with E-state index in [4.69, 9.17) is 11.6 Å². The molecule has 0 saturated carbocycles. The second-order valence-corrected chi connectivity index (χ2v) is 7.70. The zero-order valence-electron chi connectivity index (χ0n) is 11.9. The summed E-state index contributed by atoms with van der Waals surface area (Å²) in [5, 5.41) is 4.14. The molecule has 0 saturated heterocycles. The van der Waals surface area contributed by atoms with Gasteiger partial charge in [-0.25, -0.2) is 13.1 Å². The molecule has 118 valence electrons. The van der Waals surface area contributed by atoms with Gasteiger partial charge in [-0.2, -0.15) is 11.3 Å². The molecule has 0 aliphatic carbocycles. The first kappa shape index (κ1) is 16.1. The molecular formula is C16H13ClN2O2S2. The molecular weight excluding hydrogens is 352 g/mol. The summed E-state index contributed by atoms with van der Waals surface area (Å²) >= 11 is 7.54. The highest BCUT2D eigenvalue weighted by Crippen LogP contribution is 2.25. The zero-order valence-corrected chi connectivity index (χ0v) is 14.3. The predicted octanol–water partition coefficient (Wildman–Crippen LogP) is 3.94. The molecule has 0 aliphatic rings. The average Bonchev–Trinajstić information content (AvgIpc) is 3.08. The first-order valence-corrected chi connectivity index (χ1v) is 9.59. The molecule has 0 aliphatic heterocycles. The van der Waals surface area contributed by atoms with Crippen LogP contribution < -0.4 is 4.72 Å². The van der Waals surface area contributed by atoms with Crippen molar-refractivity contribution in [1.82, 2.24) is 9.71 Å². The third-order valence-electron chi connectivity index (χ3n) is 3.26. The number of rotatable bonds is 5. The Morgan fingerprint density at radius 1 is 1.13 bits per heavy atom. The maximum Gasteiger partial charge on any atom is 0.242 e. The van der Waals surface area contributed by atoms with Gasteiger partial charge < -0.3 is 0 Å². The van der Waals surface area contributed by atoms with Gasteiger partial charge in [0.2, 0.25) is 10.0 Å². The molecule has 1 N–H and O–H groups in total. The highest BCUT2D eigenvalue weighted by molar-refractivity contribution is 7.89. The average molecular weight is 365 g/mol. The largest absolute Gasteiger partial charge is 0.256 e. The van der Waals surface area contributed by atoms with Crippen LogP contribution in [0.15, 0.2) is 64.3 Å². The Hall–Kier alpha value is -1.73. The van der Waals surface area contributed by atoms with Crippen LogP contribution in [0, 0.1) is 0 Å². The van der Waals surface area contributed by atoms with Crippen LogP contribution in [0.4, 0.5) is 0 Å². The molecule has 2 aromatic heterocycles. The molecule has 0 radical (unpaired) electrons. The van der Waals surface area contributed by atoms with E-state index in [1.54, 1.807) is 41.8 Å². The number of sulfonamides is 1. The van der Waals surface area contributed by atoms with Gasteiger partial charge in [-0.15, -0.1) is 0 Å². The van der Waals surface area contributed by atoms with Gasteiger partial charge in [0.15, 0.2) is 0 Å². The van der Waals surface area contributed by atoms with Crippen molar-refractivity contribution in [3.63, 3.8) is 0 Å². The minimum atomic E-state index is -3.68. The van der Waals surface area contributed by atoms with Crippen LogP contribution in [-0.4, -0.2) is 13.4 Å². The summed E-state index contributed by atoms with van der Waals surface area (Å²) in [6, 6.07) is 12.0. The maximum absolute atomic E-state index is 12.4. The highest BCUT2D eigenvalue weighted by Gasteiger charge is 2.18. The minimum absolute atomic E-state index is 0.0719. The van der Waals surface area contributed by atoms with Crippen molar-refractivity contribution >= 4 is 33.0 Å². The Morgan fingerprint density at radius 3 is 2.70 bits per heavy atom. The molecule has 0 unspecified atom stereocenters. The van der Waals surface area contributed by atoms with Crippen molar-refractivity contribution < 1.29 is 8.42 Å². The highest BCUT2D eigenvalue weighted by atomic mass is 35.5. The van der Waals surface area contributed by atoms with Crippen LogP contribution in [0.2, 0.25) is 5.02 Å². The molecule has 4 nitrogen and oxygen atoms in total. The fourth-order valence-corrected chi connectivity index (χ4v) is 4.32. The lowest BCUT2D eigenvalue weighted by atomic mass is 10.1. The Morgan fingerprint density at radius 2 is 1.96 bits per heavy atom. The lowest BCUT2D eigenvalue weighted by molar-refractivity contribution is 0.581. The summed E-state index contributed by atoms with van der Waals surface area (Å²) in [5.41, 5.74) is 2.56. The number of halogens is 1. The van der Waals surface area contributed by atoms with Crippen LogP contribution >= 0.6 is 22.9 Å². The van der Waals surface area contributed by atoms with E-state index >= 15 is 0 Å². The fourth-order valence-electron chi connectivity index (χ4n) is 2.15. The van der Waals surface area contributed by atoms with E-state index in [1.165, 1.54) is 6.07 Å². The summed E-state index contributed by atoms with van der Waals surface area (Å²) in [5.74, 6) is 0. The molecule has 3 aromatic rings. The Balaban J connectivity index is 1.86. The standard InChI is InChI=1S/C16H13ClN2O2S2/c17-14-5-1-2-6-15(14)23(20,21)19-10-12-4-3-8-18-16(12)13-7-9-22-11-13/h1-9,11,19H,10H2. The molecule has 0 spiro atoms. The summed E-state index contributed by atoms with van der Waals surface area (Å²) < 4.78 is 27.4. The molecule has 2 heterocycles. The van der Waals surface area contributed by atoms with E-state index in [0.29, 0.717) is 0 Å². The number of nitrogens with zero attached hydrogens (tertiary/aromatic N) is 1. The molecule has 0 bridgehead atoms. The van der Waals surface area contributed by atoms with E-state index in [2.05, 4.69) is 9.71 Å². The van der Waals surface area contributed by atoms with Crippen LogP contribution in [0.3, 0.4) is 0 Å². The van der Waals surface area contributed by atoms with E-state index in [0.717, 1.165) is 16.8 Å². The first-order valence-electron chi connectivity index (χ1n) is 6.78. The number of pyridine rings is 1. The number of nitrogens with one attached hydrogen (secondary N) is 1. The monoisotopic (exact) mass is 364 g/mol. The molecule has 3 rings (SSSR count). The van der Waals surface area contributed by atoms with E-state index < -0.39 is 10.0 Å². The lowest BCUT2D eigenvalue weighted by Gasteiger charge is -2.10.